The van der Waals surface area contributed by atoms with Gasteiger partial charge in [-0.15, -0.1) is 0 Å². The molecule has 21 heavy (non-hydrogen) atoms. The van der Waals surface area contributed by atoms with Crippen LogP contribution in [-0.2, 0) is 16.6 Å². The molecule has 0 bridgehead atoms. The number of hydrogen-bond acceptors (Lipinski definition) is 5. The van der Waals surface area contributed by atoms with Crippen molar-refractivity contribution in [2.75, 3.05) is 5.73 Å². The molecule has 0 spiro atoms. The van der Waals surface area contributed by atoms with Crippen LogP contribution >= 0.6 is 15.9 Å². The number of nitrogens with zero attached hydrogens (tertiary/aromatic N) is 1. The van der Waals surface area contributed by atoms with E-state index in [-0.39, 0.29) is 11.4 Å². The third-order valence-electron chi connectivity index (χ3n) is 3.27. The number of aromatic nitrogens is 1. The van der Waals surface area contributed by atoms with Crippen molar-refractivity contribution in [2.45, 2.75) is 32.2 Å². The zero-order valence-electron chi connectivity index (χ0n) is 11.9. The van der Waals surface area contributed by atoms with E-state index >= 15 is 0 Å². The van der Waals surface area contributed by atoms with Gasteiger partial charge in [0.1, 0.15) is 5.76 Å². The van der Waals surface area contributed by atoms with Crippen molar-refractivity contribution < 1.29 is 12.9 Å². The average molecular weight is 374 g/mol. The van der Waals surface area contributed by atoms with E-state index in [0.717, 1.165) is 5.56 Å². The van der Waals surface area contributed by atoms with Crippen LogP contribution in [0.4, 0.5) is 5.69 Å². The molecule has 0 saturated carbocycles. The Kier molecular flexibility index (Phi) is 4.40. The van der Waals surface area contributed by atoms with Crippen molar-refractivity contribution in [3.05, 3.63) is 39.2 Å². The van der Waals surface area contributed by atoms with E-state index in [1.54, 1.807) is 26.8 Å². The van der Waals surface area contributed by atoms with Crippen molar-refractivity contribution in [2.24, 2.45) is 0 Å². The molecule has 1 heterocycles. The van der Waals surface area contributed by atoms with Gasteiger partial charge in [0.15, 0.2) is 0 Å². The molecule has 1 aromatic heterocycles. The van der Waals surface area contributed by atoms with Crippen LogP contribution in [0.5, 0.6) is 0 Å². The maximum atomic E-state index is 12.4. The van der Waals surface area contributed by atoms with Crippen LogP contribution < -0.4 is 10.5 Å². The lowest BCUT2D eigenvalue weighted by Crippen LogP contribution is -2.24. The topological polar surface area (TPSA) is 98.2 Å². The highest BCUT2D eigenvalue weighted by atomic mass is 79.9. The second kappa shape index (κ2) is 5.78. The van der Waals surface area contributed by atoms with E-state index < -0.39 is 10.0 Å². The van der Waals surface area contributed by atoms with Gasteiger partial charge in [-0.05, 0) is 38.5 Å². The van der Waals surface area contributed by atoms with Gasteiger partial charge in [-0.2, -0.15) is 0 Å². The number of hydrogen-bond donors (Lipinski definition) is 2. The van der Waals surface area contributed by atoms with E-state index in [4.69, 9.17) is 10.3 Å². The van der Waals surface area contributed by atoms with Crippen LogP contribution in [0.1, 0.15) is 22.6 Å². The number of sulfonamides is 1. The standard InChI is InChI=1S/C13H16BrN3O3S/c1-7-12(15)4-10(14)5-13(7)21(18,19)16-6-11-8(2)17-20-9(11)3/h4-5,16H,6,15H2,1-3H3. The second-order valence-corrected chi connectivity index (χ2v) is 7.40. The molecule has 0 aliphatic heterocycles. The van der Waals surface area contributed by atoms with E-state index in [0.29, 0.717) is 27.2 Å². The molecular weight excluding hydrogens is 358 g/mol. The van der Waals surface area contributed by atoms with Gasteiger partial charge in [0, 0.05) is 22.3 Å². The Morgan fingerprint density at radius 2 is 2.00 bits per heavy atom. The van der Waals surface area contributed by atoms with Crippen LogP contribution in [0.25, 0.3) is 0 Å². The summed E-state index contributed by atoms with van der Waals surface area (Å²) in [4.78, 5) is 0.154. The van der Waals surface area contributed by atoms with E-state index in [1.807, 2.05) is 0 Å². The summed E-state index contributed by atoms with van der Waals surface area (Å²) in [5.41, 5.74) is 8.15. The Bertz CT molecular complexity index is 765. The number of nitrogens with one attached hydrogen (secondary N) is 1. The predicted octanol–water partition coefficient (Wildman–Crippen LogP) is 2.42. The number of benzene rings is 1. The molecule has 1 aromatic carbocycles. The fourth-order valence-corrected chi connectivity index (χ4v) is 3.87. The summed E-state index contributed by atoms with van der Waals surface area (Å²) in [6.07, 6.45) is 0. The van der Waals surface area contributed by atoms with Crippen molar-refractivity contribution in [3.63, 3.8) is 0 Å². The molecule has 0 fully saturated rings. The summed E-state index contributed by atoms with van der Waals surface area (Å²) in [7, 11) is -3.67. The molecule has 6 nitrogen and oxygen atoms in total. The molecule has 8 heteroatoms. The van der Waals surface area contributed by atoms with Gasteiger partial charge < -0.3 is 10.3 Å². The quantitative estimate of drug-likeness (QED) is 0.801. The number of halogens is 1. The van der Waals surface area contributed by atoms with Crippen LogP contribution in [0.2, 0.25) is 0 Å². The Morgan fingerprint density at radius 3 is 2.57 bits per heavy atom. The Morgan fingerprint density at radius 1 is 1.33 bits per heavy atom. The monoisotopic (exact) mass is 373 g/mol. The summed E-state index contributed by atoms with van der Waals surface area (Å²) in [6, 6.07) is 3.20. The van der Waals surface area contributed by atoms with Gasteiger partial charge in [-0.25, -0.2) is 13.1 Å². The minimum atomic E-state index is -3.67. The van der Waals surface area contributed by atoms with Crippen molar-refractivity contribution in [3.8, 4) is 0 Å². The second-order valence-electron chi connectivity index (χ2n) is 4.75. The molecule has 0 unspecified atom stereocenters. The highest BCUT2D eigenvalue weighted by Crippen LogP contribution is 2.26. The molecule has 2 aromatic rings. The molecular formula is C13H16BrN3O3S. The van der Waals surface area contributed by atoms with Gasteiger partial charge in [0.25, 0.3) is 0 Å². The lowest BCUT2D eigenvalue weighted by molar-refractivity contribution is 0.392. The maximum absolute atomic E-state index is 12.4. The summed E-state index contributed by atoms with van der Waals surface area (Å²) in [6.45, 7) is 5.30. The molecule has 0 aliphatic carbocycles. The third-order valence-corrected chi connectivity index (χ3v) is 5.26. The fraction of sp³-hybridized carbons (Fsp3) is 0.308. The van der Waals surface area contributed by atoms with Gasteiger partial charge in [-0.3, -0.25) is 0 Å². The average Bonchev–Trinajstić information content (AvgIpc) is 2.71. The molecule has 0 amide bonds. The molecule has 0 aliphatic rings. The largest absolute Gasteiger partial charge is 0.398 e. The molecule has 114 valence electrons. The van der Waals surface area contributed by atoms with Gasteiger partial charge >= 0.3 is 0 Å². The minimum absolute atomic E-state index is 0.120. The fourth-order valence-electron chi connectivity index (χ4n) is 1.95. The van der Waals surface area contributed by atoms with Gasteiger partial charge in [-0.1, -0.05) is 21.1 Å². The smallest absolute Gasteiger partial charge is 0.241 e. The lowest BCUT2D eigenvalue weighted by Gasteiger charge is -2.11. The summed E-state index contributed by atoms with van der Waals surface area (Å²) in [5, 5.41) is 3.80. The van der Waals surface area contributed by atoms with E-state index in [9.17, 15) is 8.42 Å². The zero-order chi connectivity index (χ0) is 15.8. The highest BCUT2D eigenvalue weighted by Gasteiger charge is 2.20. The minimum Gasteiger partial charge on any atom is -0.398 e. The molecule has 0 saturated heterocycles. The van der Waals surface area contributed by atoms with Gasteiger partial charge in [0.05, 0.1) is 10.6 Å². The van der Waals surface area contributed by atoms with Crippen molar-refractivity contribution in [1.29, 1.82) is 0 Å². The first-order chi connectivity index (χ1) is 9.72. The maximum Gasteiger partial charge on any atom is 0.241 e. The van der Waals surface area contributed by atoms with E-state index in [2.05, 4.69) is 25.8 Å². The van der Waals surface area contributed by atoms with E-state index in [1.165, 1.54) is 6.07 Å². The first kappa shape index (κ1) is 16.0. The Balaban J connectivity index is 2.32. The first-order valence-corrected chi connectivity index (χ1v) is 8.47. The Labute approximate surface area is 131 Å². The number of aryl methyl sites for hydroxylation is 2. The van der Waals surface area contributed by atoms with Crippen LogP contribution in [0, 0.1) is 20.8 Å². The number of nitrogen functional groups attached to an aromatic ring is 1. The highest BCUT2D eigenvalue weighted by molar-refractivity contribution is 9.10. The summed E-state index contributed by atoms with van der Waals surface area (Å²) >= 11 is 3.26. The van der Waals surface area contributed by atoms with Crippen LogP contribution in [0.3, 0.4) is 0 Å². The number of rotatable bonds is 4. The van der Waals surface area contributed by atoms with Crippen molar-refractivity contribution in [1.82, 2.24) is 9.88 Å². The van der Waals surface area contributed by atoms with Crippen molar-refractivity contribution >= 4 is 31.6 Å². The number of nitrogens with two attached hydrogens (primary N) is 1. The third kappa shape index (κ3) is 3.28. The summed E-state index contributed by atoms with van der Waals surface area (Å²) < 4.78 is 33.1. The Hall–Kier alpha value is -1.38. The first-order valence-electron chi connectivity index (χ1n) is 6.19. The molecule has 0 radical (unpaired) electrons. The normalized spacial score (nSPS) is 11.8. The zero-order valence-corrected chi connectivity index (χ0v) is 14.3. The molecule has 3 N–H and O–H groups in total. The molecule has 0 atom stereocenters. The van der Waals surface area contributed by atoms with Crippen LogP contribution in [0.15, 0.2) is 26.0 Å². The number of anilines is 1. The lowest BCUT2D eigenvalue weighted by atomic mass is 10.2. The summed E-state index contributed by atoms with van der Waals surface area (Å²) in [5.74, 6) is 0.598. The SMILES string of the molecule is Cc1noc(C)c1CNS(=O)(=O)c1cc(Br)cc(N)c1C. The molecule has 2 rings (SSSR count). The van der Waals surface area contributed by atoms with Crippen LogP contribution in [-0.4, -0.2) is 13.6 Å². The van der Waals surface area contributed by atoms with Gasteiger partial charge in [0.2, 0.25) is 10.0 Å². The predicted molar refractivity (Wildman–Crippen MR) is 83.3 cm³/mol.